The lowest BCUT2D eigenvalue weighted by molar-refractivity contribution is -0.116. The summed E-state index contributed by atoms with van der Waals surface area (Å²) >= 11 is 0. The molecule has 1 atom stereocenters. The Hall–Kier alpha value is -3.41. The normalized spacial score (nSPS) is 11.5. The highest BCUT2D eigenvalue weighted by Gasteiger charge is 2.14. The van der Waals surface area contributed by atoms with Gasteiger partial charge in [-0.3, -0.25) is 9.78 Å². The van der Waals surface area contributed by atoms with Gasteiger partial charge in [-0.25, -0.2) is 4.39 Å². The van der Waals surface area contributed by atoms with Crippen molar-refractivity contribution in [1.29, 1.82) is 0 Å². The smallest absolute Gasteiger partial charge is 0.246 e. The first-order valence-corrected chi connectivity index (χ1v) is 8.55. The largest absolute Gasteiger partial charge is 0.489 e. The first-order chi connectivity index (χ1) is 13.1. The third-order valence-corrected chi connectivity index (χ3v) is 3.87. The predicted octanol–water partition coefficient (Wildman–Crippen LogP) is 4.24. The van der Waals surface area contributed by atoms with Gasteiger partial charge in [0.1, 0.15) is 24.2 Å². The van der Waals surface area contributed by atoms with Crippen molar-refractivity contribution in [3.05, 3.63) is 84.4 Å². The van der Waals surface area contributed by atoms with Crippen molar-refractivity contribution in [3.8, 4) is 5.75 Å². The second-order valence-electron chi connectivity index (χ2n) is 6.01. The van der Waals surface area contributed by atoms with Crippen LogP contribution in [0.2, 0.25) is 0 Å². The number of hydrogen-bond acceptors (Lipinski definition) is 4. The molecule has 1 aromatic heterocycles. The molecule has 0 aliphatic rings. The fraction of sp³-hybridized carbons (Fsp3) is 0.143. The number of carbonyl (C=O) groups excluding carboxylic acids is 1. The van der Waals surface area contributed by atoms with Crippen molar-refractivity contribution < 1.29 is 13.9 Å². The van der Waals surface area contributed by atoms with Crippen LogP contribution in [0.1, 0.15) is 12.5 Å². The van der Waals surface area contributed by atoms with Gasteiger partial charge < -0.3 is 15.4 Å². The molecule has 0 spiro atoms. The summed E-state index contributed by atoms with van der Waals surface area (Å²) < 4.78 is 19.4. The second-order valence-corrected chi connectivity index (χ2v) is 6.01. The summed E-state index contributed by atoms with van der Waals surface area (Å²) in [5, 5.41) is 5.67. The van der Waals surface area contributed by atoms with Gasteiger partial charge in [0.25, 0.3) is 0 Å². The summed E-state index contributed by atoms with van der Waals surface area (Å²) in [4.78, 5) is 16.3. The molecule has 2 N–H and O–H groups in total. The number of hydrogen-bond donors (Lipinski definition) is 2. The number of pyridine rings is 1. The molecule has 0 bridgehead atoms. The first-order valence-electron chi connectivity index (χ1n) is 8.55. The molecular weight excluding hydrogens is 345 g/mol. The van der Waals surface area contributed by atoms with Crippen molar-refractivity contribution in [1.82, 2.24) is 4.98 Å². The fourth-order valence-corrected chi connectivity index (χ4v) is 2.44. The molecule has 2 aromatic carbocycles. The fourth-order valence-electron chi connectivity index (χ4n) is 2.44. The monoisotopic (exact) mass is 365 g/mol. The zero-order valence-corrected chi connectivity index (χ0v) is 14.9. The molecule has 5 nitrogen and oxygen atoms in total. The molecule has 0 aliphatic heterocycles. The Balaban J connectivity index is 1.58. The van der Waals surface area contributed by atoms with Crippen LogP contribution in [0.25, 0.3) is 0 Å². The van der Waals surface area contributed by atoms with Crippen LogP contribution in [-0.2, 0) is 11.4 Å². The lowest BCUT2D eigenvalue weighted by atomic mass is 10.2. The standard InChI is InChI=1S/C21H20FN3O2/c1-15(21(26)25-20-10-3-2-9-19(20)22)24-17-7-4-8-18(12-17)27-14-16-6-5-11-23-13-16/h2-13,15,24H,14H2,1H3,(H,25,26)/t15-/m1/s1. The highest BCUT2D eigenvalue weighted by atomic mass is 19.1. The lowest BCUT2D eigenvalue weighted by Crippen LogP contribution is -2.32. The van der Waals surface area contributed by atoms with Crippen LogP contribution in [0, 0.1) is 5.82 Å². The number of benzene rings is 2. The van der Waals surface area contributed by atoms with Gasteiger partial charge in [-0.05, 0) is 37.3 Å². The van der Waals surface area contributed by atoms with Crippen molar-refractivity contribution in [3.63, 3.8) is 0 Å². The number of ether oxygens (including phenoxy) is 1. The molecule has 3 rings (SSSR count). The summed E-state index contributed by atoms with van der Waals surface area (Å²) in [6.07, 6.45) is 3.46. The van der Waals surface area contributed by atoms with Gasteiger partial charge in [-0.1, -0.05) is 24.3 Å². The van der Waals surface area contributed by atoms with E-state index in [1.807, 2.05) is 36.4 Å². The Labute approximate surface area is 157 Å². The molecule has 138 valence electrons. The Morgan fingerprint density at radius 3 is 2.78 bits per heavy atom. The molecule has 0 saturated heterocycles. The van der Waals surface area contributed by atoms with Crippen molar-refractivity contribution in [2.75, 3.05) is 10.6 Å². The van der Waals surface area contributed by atoms with Crippen LogP contribution in [0.5, 0.6) is 5.75 Å². The number of aromatic nitrogens is 1. The number of nitrogens with one attached hydrogen (secondary N) is 2. The predicted molar refractivity (Wildman–Crippen MR) is 103 cm³/mol. The summed E-state index contributed by atoms with van der Waals surface area (Å²) in [5.74, 6) is -0.129. The van der Waals surface area contributed by atoms with Crippen LogP contribution in [0.15, 0.2) is 73.1 Å². The maximum atomic E-state index is 13.7. The molecule has 0 unspecified atom stereocenters. The molecule has 0 saturated carbocycles. The minimum absolute atomic E-state index is 0.157. The van der Waals surface area contributed by atoms with Gasteiger partial charge >= 0.3 is 0 Å². The van der Waals surface area contributed by atoms with Crippen LogP contribution in [0.4, 0.5) is 15.8 Å². The van der Waals surface area contributed by atoms with E-state index in [-0.39, 0.29) is 11.6 Å². The average Bonchev–Trinajstić information content (AvgIpc) is 2.69. The van der Waals surface area contributed by atoms with Gasteiger partial charge in [-0.15, -0.1) is 0 Å². The Kier molecular flexibility index (Phi) is 5.99. The van der Waals surface area contributed by atoms with Crippen molar-refractivity contribution in [2.45, 2.75) is 19.6 Å². The topological polar surface area (TPSA) is 63.2 Å². The van der Waals surface area contributed by atoms with E-state index in [0.717, 1.165) is 11.3 Å². The summed E-state index contributed by atoms with van der Waals surface area (Å²) in [7, 11) is 0. The Morgan fingerprint density at radius 1 is 1.15 bits per heavy atom. The van der Waals surface area contributed by atoms with Gasteiger partial charge in [0.05, 0.1) is 5.69 Å². The van der Waals surface area contributed by atoms with Crippen LogP contribution >= 0.6 is 0 Å². The third-order valence-electron chi connectivity index (χ3n) is 3.87. The molecule has 3 aromatic rings. The highest BCUT2D eigenvalue weighted by Crippen LogP contribution is 2.20. The van der Waals surface area contributed by atoms with Gasteiger partial charge in [0, 0.05) is 29.7 Å². The lowest BCUT2D eigenvalue weighted by Gasteiger charge is -2.16. The molecular formula is C21H20FN3O2. The number of nitrogens with zero attached hydrogens (tertiary/aromatic N) is 1. The number of carbonyl (C=O) groups is 1. The Morgan fingerprint density at radius 2 is 2.00 bits per heavy atom. The minimum Gasteiger partial charge on any atom is -0.489 e. The third kappa shape index (κ3) is 5.28. The first kappa shape index (κ1) is 18.4. The summed E-state index contributed by atoms with van der Waals surface area (Å²) in [6.45, 7) is 2.11. The zero-order valence-electron chi connectivity index (χ0n) is 14.9. The number of anilines is 2. The van der Waals surface area contributed by atoms with Gasteiger partial charge in [0.15, 0.2) is 0 Å². The minimum atomic E-state index is -0.557. The van der Waals surface area contributed by atoms with Crippen LogP contribution in [0.3, 0.4) is 0 Å². The molecule has 0 radical (unpaired) electrons. The maximum Gasteiger partial charge on any atom is 0.246 e. The number of halogens is 1. The van der Waals surface area contributed by atoms with E-state index in [2.05, 4.69) is 15.6 Å². The van der Waals surface area contributed by atoms with Crippen molar-refractivity contribution in [2.24, 2.45) is 0 Å². The SMILES string of the molecule is C[C@@H](Nc1cccc(OCc2cccnc2)c1)C(=O)Nc1ccccc1F. The molecule has 0 aliphatic carbocycles. The molecule has 27 heavy (non-hydrogen) atoms. The van der Waals surface area contributed by atoms with E-state index in [4.69, 9.17) is 4.74 Å². The molecule has 1 heterocycles. The molecule has 1 amide bonds. The van der Waals surface area contributed by atoms with Crippen LogP contribution in [-0.4, -0.2) is 16.9 Å². The van der Waals surface area contributed by atoms with E-state index in [1.165, 1.54) is 12.1 Å². The van der Waals surface area contributed by atoms with E-state index in [9.17, 15) is 9.18 Å². The van der Waals surface area contributed by atoms with E-state index in [0.29, 0.717) is 12.4 Å². The Bertz CT molecular complexity index is 903. The highest BCUT2D eigenvalue weighted by molar-refractivity contribution is 5.96. The van der Waals surface area contributed by atoms with Crippen molar-refractivity contribution >= 4 is 17.3 Å². The van der Waals surface area contributed by atoms with Gasteiger partial charge in [0.2, 0.25) is 5.91 Å². The summed E-state index contributed by atoms with van der Waals surface area (Å²) in [6, 6.07) is 16.6. The quantitative estimate of drug-likeness (QED) is 0.657. The van der Waals surface area contributed by atoms with E-state index >= 15 is 0 Å². The van der Waals surface area contributed by atoms with Crippen LogP contribution < -0.4 is 15.4 Å². The van der Waals surface area contributed by atoms with Gasteiger partial charge in [-0.2, -0.15) is 0 Å². The zero-order chi connectivity index (χ0) is 19.1. The summed E-state index contributed by atoms with van der Waals surface area (Å²) in [5.41, 5.74) is 1.85. The average molecular weight is 365 g/mol. The molecule has 0 fully saturated rings. The number of amides is 1. The second kappa shape index (κ2) is 8.80. The maximum absolute atomic E-state index is 13.7. The number of para-hydroxylation sites is 1. The number of rotatable bonds is 7. The van der Waals surface area contributed by atoms with E-state index in [1.54, 1.807) is 31.5 Å². The molecule has 6 heteroatoms. The van der Waals surface area contributed by atoms with E-state index < -0.39 is 11.9 Å².